The van der Waals surface area contributed by atoms with Crippen LogP contribution in [0.4, 0.5) is 11.4 Å². The molecule has 0 bridgehead atoms. The second-order valence-corrected chi connectivity index (χ2v) is 5.50. The fourth-order valence-electron chi connectivity index (χ4n) is 2.60. The largest absolute Gasteiger partial charge is 0.469 e. The smallest absolute Gasteiger partial charge is 0.253 e. The third kappa shape index (κ3) is 3.66. The van der Waals surface area contributed by atoms with Crippen LogP contribution in [-0.2, 0) is 6.42 Å². The van der Waals surface area contributed by atoms with Crippen molar-refractivity contribution < 1.29 is 9.21 Å². The van der Waals surface area contributed by atoms with Gasteiger partial charge in [-0.1, -0.05) is 30.3 Å². The van der Waals surface area contributed by atoms with Gasteiger partial charge in [0.2, 0.25) is 0 Å². The van der Waals surface area contributed by atoms with E-state index in [0.29, 0.717) is 18.5 Å². The predicted octanol–water partition coefficient (Wildman–Crippen LogP) is 4.02. The van der Waals surface area contributed by atoms with Gasteiger partial charge in [-0.2, -0.15) is 0 Å². The second kappa shape index (κ2) is 7.51. The normalized spacial score (nSPS) is 10.4. The Morgan fingerprint density at radius 3 is 2.50 bits per heavy atom. The molecule has 122 valence electrons. The molecule has 4 nitrogen and oxygen atoms in total. The number of hydrogen-bond donors (Lipinski definition) is 1. The summed E-state index contributed by atoms with van der Waals surface area (Å²) in [5.74, 6) is 0.782. The number of carbonyl (C=O) groups is 1. The van der Waals surface area contributed by atoms with Crippen LogP contribution in [-0.4, -0.2) is 19.5 Å². The molecular weight excluding hydrogens is 300 g/mol. The van der Waals surface area contributed by atoms with Crippen LogP contribution in [0.5, 0.6) is 0 Å². The number of anilines is 2. The lowest BCUT2D eigenvalue weighted by molar-refractivity contribution is 0.0954. The van der Waals surface area contributed by atoms with Crippen LogP contribution in [0.2, 0.25) is 0 Å². The molecule has 1 amide bonds. The molecule has 24 heavy (non-hydrogen) atoms. The molecule has 0 saturated carbocycles. The van der Waals surface area contributed by atoms with Gasteiger partial charge >= 0.3 is 0 Å². The monoisotopic (exact) mass is 320 g/mol. The van der Waals surface area contributed by atoms with Gasteiger partial charge in [-0.25, -0.2) is 0 Å². The minimum atomic E-state index is -0.0834. The molecule has 0 fully saturated rings. The van der Waals surface area contributed by atoms with Gasteiger partial charge in [-0.3, -0.25) is 4.79 Å². The van der Waals surface area contributed by atoms with Gasteiger partial charge in [0, 0.05) is 25.7 Å². The first kappa shape index (κ1) is 15.9. The molecule has 3 aromatic rings. The number of nitrogens with one attached hydrogen (secondary N) is 1. The summed E-state index contributed by atoms with van der Waals surface area (Å²) in [6, 6.07) is 21.4. The Labute approximate surface area is 141 Å². The molecule has 1 aromatic heterocycles. The van der Waals surface area contributed by atoms with Crippen LogP contribution < -0.4 is 10.2 Å². The number of benzene rings is 2. The third-order valence-corrected chi connectivity index (χ3v) is 3.89. The van der Waals surface area contributed by atoms with E-state index in [0.717, 1.165) is 17.1 Å². The number of nitrogens with zero attached hydrogens (tertiary/aromatic N) is 1. The second-order valence-electron chi connectivity index (χ2n) is 5.50. The topological polar surface area (TPSA) is 45.5 Å². The van der Waals surface area contributed by atoms with Crippen LogP contribution in [0.3, 0.4) is 0 Å². The van der Waals surface area contributed by atoms with Crippen molar-refractivity contribution in [3.8, 4) is 0 Å². The van der Waals surface area contributed by atoms with Crippen LogP contribution in [0, 0.1) is 0 Å². The first-order chi connectivity index (χ1) is 11.8. The summed E-state index contributed by atoms with van der Waals surface area (Å²) in [4.78, 5) is 14.6. The number of amides is 1. The van der Waals surface area contributed by atoms with E-state index < -0.39 is 0 Å². The number of rotatable bonds is 6. The lowest BCUT2D eigenvalue weighted by Crippen LogP contribution is -2.27. The van der Waals surface area contributed by atoms with Gasteiger partial charge in [0.25, 0.3) is 5.91 Å². The average molecular weight is 320 g/mol. The molecule has 2 aromatic carbocycles. The molecule has 0 spiro atoms. The quantitative estimate of drug-likeness (QED) is 0.746. The van der Waals surface area contributed by atoms with Gasteiger partial charge in [-0.15, -0.1) is 0 Å². The standard InChI is InChI=1S/C20H20N2O2/c1-22(16-8-3-2-4-9-16)19-12-6-5-11-18(19)20(23)21-14-13-17-10-7-15-24-17/h2-12,15H,13-14H2,1H3,(H,21,23). The molecule has 1 N–H and O–H groups in total. The van der Waals surface area contributed by atoms with E-state index in [1.54, 1.807) is 6.26 Å². The highest BCUT2D eigenvalue weighted by Crippen LogP contribution is 2.26. The van der Waals surface area contributed by atoms with Gasteiger partial charge in [0.15, 0.2) is 0 Å². The number of para-hydroxylation sites is 2. The van der Waals surface area contributed by atoms with E-state index in [-0.39, 0.29) is 5.91 Å². The fraction of sp³-hybridized carbons (Fsp3) is 0.150. The zero-order chi connectivity index (χ0) is 16.8. The zero-order valence-corrected chi connectivity index (χ0v) is 13.6. The SMILES string of the molecule is CN(c1ccccc1)c1ccccc1C(=O)NCCc1ccco1. The van der Waals surface area contributed by atoms with Crippen LogP contribution >= 0.6 is 0 Å². The van der Waals surface area contributed by atoms with Crippen molar-refractivity contribution >= 4 is 17.3 Å². The first-order valence-corrected chi connectivity index (χ1v) is 7.94. The molecule has 0 saturated heterocycles. The Balaban J connectivity index is 1.72. The average Bonchev–Trinajstić information content (AvgIpc) is 3.15. The van der Waals surface area contributed by atoms with Crippen LogP contribution in [0.1, 0.15) is 16.1 Å². The Morgan fingerprint density at radius 1 is 1.00 bits per heavy atom. The maximum absolute atomic E-state index is 12.6. The number of hydrogen-bond acceptors (Lipinski definition) is 3. The minimum Gasteiger partial charge on any atom is -0.469 e. The molecule has 0 atom stereocenters. The lowest BCUT2D eigenvalue weighted by Gasteiger charge is -2.22. The van der Waals surface area contributed by atoms with Crippen molar-refractivity contribution in [2.75, 3.05) is 18.5 Å². The van der Waals surface area contributed by atoms with E-state index in [1.165, 1.54) is 0 Å². The molecule has 0 aliphatic rings. The lowest BCUT2D eigenvalue weighted by atomic mass is 10.1. The molecule has 1 heterocycles. The highest BCUT2D eigenvalue weighted by atomic mass is 16.3. The summed E-state index contributed by atoms with van der Waals surface area (Å²) in [6.07, 6.45) is 2.32. The highest BCUT2D eigenvalue weighted by molar-refractivity contribution is 6.00. The Bertz CT molecular complexity index is 782. The van der Waals surface area contributed by atoms with Gasteiger partial charge in [-0.05, 0) is 36.4 Å². The predicted molar refractivity (Wildman–Crippen MR) is 95.7 cm³/mol. The summed E-state index contributed by atoms with van der Waals surface area (Å²) in [7, 11) is 1.96. The molecule has 4 heteroatoms. The summed E-state index contributed by atoms with van der Waals surface area (Å²) in [5.41, 5.74) is 2.57. The van der Waals surface area contributed by atoms with Crippen molar-refractivity contribution in [2.45, 2.75) is 6.42 Å². The van der Waals surface area contributed by atoms with Crippen molar-refractivity contribution in [2.24, 2.45) is 0 Å². The summed E-state index contributed by atoms with van der Waals surface area (Å²) < 4.78 is 5.28. The fourth-order valence-corrected chi connectivity index (χ4v) is 2.60. The van der Waals surface area contributed by atoms with Crippen molar-refractivity contribution in [1.29, 1.82) is 0 Å². The van der Waals surface area contributed by atoms with E-state index >= 15 is 0 Å². The Kier molecular flexibility index (Phi) is 4.96. The molecular formula is C20H20N2O2. The van der Waals surface area contributed by atoms with Gasteiger partial charge in [0.05, 0.1) is 17.5 Å². The maximum Gasteiger partial charge on any atom is 0.253 e. The summed E-state index contributed by atoms with van der Waals surface area (Å²) >= 11 is 0. The Morgan fingerprint density at radius 2 is 1.75 bits per heavy atom. The third-order valence-electron chi connectivity index (χ3n) is 3.89. The number of furan rings is 1. The summed E-state index contributed by atoms with van der Waals surface area (Å²) in [6.45, 7) is 0.537. The highest BCUT2D eigenvalue weighted by Gasteiger charge is 2.14. The molecule has 0 aliphatic carbocycles. The van der Waals surface area contributed by atoms with Crippen molar-refractivity contribution in [1.82, 2.24) is 5.32 Å². The van der Waals surface area contributed by atoms with E-state index in [2.05, 4.69) is 5.32 Å². The minimum absolute atomic E-state index is 0.0834. The van der Waals surface area contributed by atoms with Crippen molar-refractivity contribution in [3.05, 3.63) is 84.3 Å². The van der Waals surface area contributed by atoms with E-state index in [1.807, 2.05) is 78.7 Å². The van der Waals surface area contributed by atoms with E-state index in [4.69, 9.17) is 4.42 Å². The zero-order valence-electron chi connectivity index (χ0n) is 13.6. The molecule has 3 rings (SSSR count). The molecule has 0 unspecified atom stereocenters. The molecule has 0 radical (unpaired) electrons. The van der Waals surface area contributed by atoms with Crippen LogP contribution in [0.25, 0.3) is 0 Å². The van der Waals surface area contributed by atoms with E-state index in [9.17, 15) is 4.79 Å². The van der Waals surface area contributed by atoms with Gasteiger partial charge in [0.1, 0.15) is 5.76 Å². The van der Waals surface area contributed by atoms with Gasteiger partial charge < -0.3 is 14.6 Å². The summed E-state index contributed by atoms with van der Waals surface area (Å²) in [5, 5.41) is 2.96. The van der Waals surface area contributed by atoms with Crippen LogP contribution in [0.15, 0.2) is 77.4 Å². The number of carbonyl (C=O) groups excluding carboxylic acids is 1. The first-order valence-electron chi connectivity index (χ1n) is 7.94. The molecule has 0 aliphatic heterocycles. The Hall–Kier alpha value is -3.01. The maximum atomic E-state index is 12.6. The van der Waals surface area contributed by atoms with Crippen molar-refractivity contribution in [3.63, 3.8) is 0 Å².